The third-order valence-electron chi connectivity index (χ3n) is 3.67. The molecule has 2 amide bonds. The van der Waals surface area contributed by atoms with Gasteiger partial charge in [0.15, 0.2) is 0 Å². The van der Waals surface area contributed by atoms with Gasteiger partial charge in [-0.3, -0.25) is 5.41 Å². The number of ether oxygens (including phenoxy) is 1. The Hall–Kier alpha value is -2.24. The number of nitrogens with one attached hydrogen (secondary N) is 3. The molecule has 5 N–H and O–H groups in total. The van der Waals surface area contributed by atoms with Gasteiger partial charge in [-0.1, -0.05) is 12.8 Å². The van der Waals surface area contributed by atoms with E-state index < -0.39 is 5.54 Å². The number of urea groups is 1. The molecular formula is C14H20N4O2. The number of benzene rings is 1. The minimum atomic E-state index is -0.684. The smallest absolute Gasteiger partial charge is 0.320 e. The van der Waals surface area contributed by atoms with Crippen molar-refractivity contribution < 1.29 is 9.53 Å². The summed E-state index contributed by atoms with van der Waals surface area (Å²) in [6, 6.07) is 6.71. The quantitative estimate of drug-likeness (QED) is 0.500. The van der Waals surface area contributed by atoms with Crippen molar-refractivity contribution in [2.75, 3.05) is 12.4 Å². The zero-order valence-electron chi connectivity index (χ0n) is 11.5. The largest absolute Gasteiger partial charge is 0.497 e. The third kappa shape index (κ3) is 3.01. The second-order valence-electron chi connectivity index (χ2n) is 5.01. The SMILES string of the molecule is COc1ccc(NC(=O)NC2(C(=N)N)CCCC2)cc1. The molecular weight excluding hydrogens is 256 g/mol. The molecule has 2 rings (SSSR count). The second kappa shape index (κ2) is 5.81. The first-order chi connectivity index (χ1) is 9.55. The Labute approximate surface area is 118 Å². The first-order valence-corrected chi connectivity index (χ1v) is 6.63. The van der Waals surface area contributed by atoms with E-state index in [0.717, 1.165) is 31.4 Å². The molecule has 0 radical (unpaired) electrons. The summed E-state index contributed by atoms with van der Waals surface area (Å²) in [5, 5.41) is 13.3. The summed E-state index contributed by atoms with van der Waals surface area (Å²) < 4.78 is 5.06. The lowest BCUT2D eigenvalue weighted by Gasteiger charge is -2.28. The predicted octanol–water partition coefficient (Wildman–Crippen LogP) is 2.07. The van der Waals surface area contributed by atoms with E-state index >= 15 is 0 Å². The van der Waals surface area contributed by atoms with Gasteiger partial charge in [0.05, 0.1) is 12.6 Å². The number of carbonyl (C=O) groups excluding carboxylic acids is 1. The first-order valence-electron chi connectivity index (χ1n) is 6.63. The minimum absolute atomic E-state index is 0.0277. The van der Waals surface area contributed by atoms with Gasteiger partial charge in [0.2, 0.25) is 0 Å². The van der Waals surface area contributed by atoms with Crippen LogP contribution in [0.4, 0.5) is 10.5 Å². The molecule has 0 atom stereocenters. The van der Waals surface area contributed by atoms with Crippen LogP contribution in [-0.4, -0.2) is 24.5 Å². The van der Waals surface area contributed by atoms with Crippen LogP contribution < -0.4 is 21.1 Å². The van der Waals surface area contributed by atoms with E-state index in [1.807, 2.05) is 0 Å². The van der Waals surface area contributed by atoms with Gasteiger partial charge < -0.3 is 21.1 Å². The Bertz CT molecular complexity index is 492. The highest BCUT2D eigenvalue weighted by molar-refractivity contribution is 5.96. The Balaban J connectivity index is 1.99. The molecule has 6 heteroatoms. The maximum absolute atomic E-state index is 12.0. The van der Waals surface area contributed by atoms with Crippen molar-refractivity contribution in [1.29, 1.82) is 5.41 Å². The zero-order chi connectivity index (χ0) is 14.6. The second-order valence-corrected chi connectivity index (χ2v) is 5.01. The van der Waals surface area contributed by atoms with Gasteiger partial charge in [-0.15, -0.1) is 0 Å². The van der Waals surface area contributed by atoms with Crippen LogP contribution in [-0.2, 0) is 0 Å². The maximum atomic E-state index is 12.0. The molecule has 0 heterocycles. The molecule has 0 aliphatic heterocycles. The van der Waals surface area contributed by atoms with Gasteiger partial charge in [-0.2, -0.15) is 0 Å². The highest BCUT2D eigenvalue weighted by atomic mass is 16.5. The summed E-state index contributed by atoms with van der Waals surface area (Å²) in [5.41, 5.74) is 5.62. The van der Waals surface area contributed by atoms with Crippen molar-refractivity contribution in [2.45, 2.75) is 31.2 Å². The van der Waals surface area contributed by atoms with Crippen LogP contribution in [0.1, 0.15) is 25.7 Å². The number of methoxy groups -OCH3 is 1. The molecule has 0 unspecified atom stereocenters. The van der Waals surface area contributed by atoms with Crippen molar-refractivity contribution in [3.8, 4) is 5.75 Å². The van der Waals surface area contributed by atoms with Gasteiger partial charge in [0, 0.05) is 5.69 Å². The molecule has 1 saturated carbocycles. The Morgan fingerprint density at radius 1 is 1.30 bits per heavy atom. The molecule has 20 heavy (non-hydrogen) atoms. The molecule has 0 bridgehead atoms. The number of hydrogen-bond acceptors (Lipinski definition) is 3. The van der Waals surface area contributed by atoms with Crippen molar-refractivity contribution in [2.24, 2.45) is 5.73 Å². The maximum Gasteiger partial charge on any atom is 0.320 e. The average Bonchev–Trinajstić information content (AvgIpc) is 2.89. The van der Waals surface area contributed by atoms with E-state index in [9.17, 15) is 4.79 Å². The standard InChI is InChI=1S/C14H20N4O2/c1-20-11-6-4-10(5-7-11)17-13(19)18-14(12(15)16)8-2-3-9-14/h4-7H,2-3,8-9H2,1H3,(H3,15,16)(H2,17,18,19). The summed E-state index contributed by atoms with van der Waals surface area (Å²) in [6.45, 7) is 0. The predicted molar refractivity (Wildman–Crippen MR) is 78.3 cm³/mol. The Morgan fingerprint density at radius 2 is 1.90 bits per heavy atom. The number of nitrogens with two attached hydrogens (primary N) is 1. The molecule has 0 aromatic heterocycles. The first kappa shape index (κ1) is 14.2. The van der Waals surface area contributed by atoms with Gasteiger partial charge in [0.1, 0.15) is 11.6 Å². The van der Waals surface area contributed by atoms with Crippen LogP contribution in [0.2, 0.25) is 0 Å². The molecule has 1 fully saturated rings. The van der Waals surface area contributed by atoms with E-state index in [0.29, 0.717) is 5.69 Å². The Kier molecular flexibility index (Phi) is 4.12. The highest BCUT2D eigenvalue weighted by Gasteiger charge is 2.38. The lowest BCUT2D eigenvalue weighted by molar-refractivity contribution is 0.244. The molecule has 6 nitrogen and oxygen atoms in total. The number of carbonyl (C=O) groups is 1. The minimum Gasteiger partial charge on any atom is -0.497 e. The number of anilines is 1. The van der Waals surface area contributed by atoms with E-state index in [-0.39, 0.29) is 11.9 Å². The molecule has 1 aliphatic carbocycles. The summed E-state index contributed by atoms with van der Waals surface area (Å²) >= 11 is 0. The summed E-state index contributed by atoms with van der Waals surface area (Å²) in [4.78, 5) is 12.0. The number of amides is 2. The van der Waals surface area contributed by atoms with Crippen molar-refractivity contribution in [3.63, 3.8) is 0 Å². The van der Waals surface area contributed by atoms with Gasteiger partial charge in [-0.05, 0) is 37.1 Å². The molecule has 0 spiro atoms. The fourth-order valence-electron chi connectivity index (χ4n) is 2.49. The fraction of sp³-hybridized carbons (Fsp3) is 0.429. The Morgan fingerprint density at radius 3 is 2.40 bits per heavy atom. The lowest BCUT2D eigenvalue weighted by Crippen LogP contribution is -2.56. The van der Waals surface area contributed by atoms with Crippen molar-refractivity contribution >= 4 is 17.6 Å². The van der Waals surface area contributed by atoms with E-state index in [1.165, 1.54) is 0 Å². The number of hydrogen-bond donors (Lipinski definition) is 4. The summed E-state index contributed by atoms with van der Waals surface area (Å²) in [5.74, 6) is 0.756. The monoisotopic (exact) mass is 276 g/mol. The fourth-order valence-corrected chi connectivity index (χ4v) is 2.49. The third-order valence-corrected chi connectivity index (χ3v) is 3.67. The summed E-state index contributed by atoms with van der Waals surface area (Å²) in [7, 11) is 1.59. The normalized spacial score (nSPS) is 16.4. The van der Waals surface area contributed by atoms with Crippen LogP contribution >= 0.6 is 0 Å². The van der Waals surface area contributed by atoms with E-state index in [1.54, 1.807) is 31.4 Å². The van der Waals surface area contributed by atoms with Crippen LogP contribution in [0.25, 0.3) is 0 Å². The zero-order valence-corrected chi connectivity index (χ0v) is 11.5. The molecule has 1 aromatic rings. The van der Waals surface area contributed by atoms with Crippen LogP contribution in [0.15, 0.2) is 24.3 Å². The van der Waals surface area contributed by atoms with Crippen LogP contribution in [0, 0.1) is 5.41 Å². The van der Waals surface area contributed by atoms with Crippen LogP contribution in [0.3, 0.4) is 0 Å². The summed E-state index contributed by atoms with van der Waals surface area (Å²) in [6.07, 6.45) is 3.39. The van der Waals surface area contributed by atoms with Gasteiger partial charge in [-0.25, -0.2) is 4.79 Å². The molecule has 0 saturated heterocycles. The van der Waals surface area contributed by atoms with Crippen molar-refractivity contribution in [3.05, 3.63) is 24.3 Å². The number of rotatable bonds is 4. The van der Waals surface area contributed by atoms with E-state index in [2.05, 4.69) is 10.6 Å². The van der Waals surface area contributed by atoms with E-state index in [4.69, 9.17) is 15.9 Å². The highest BCUT2D eigenvalue weighted by Crippen LogP contribution is 2.29. The van der Waals surface area contributed by atoms with Gasteiger partial charge >= 0.3 is 6.03 Å². The lowest BCUT2D eigenvalue weighted by atomic mass is 9.96. The van der Waals surface area contributed by atoms with Crippen LogP contribution in [0.5, 0.6) is 5.75 Å². The topological polar surface area (TPSA) is 100 Å². The average molecular weight is 276 g/mol. The molecule has 1 aromatic carbocycles. The van der Waals surface area contributed by atoms with Gasteiger partial charge in [0.25, 0.3) is 0 Å². The van der Waals surface area contributed by atoms with Crippen molar-refractivity contribution in [1.82, 2.24) is 5.32 Å². The molecule has 108 valence electrons. The number of amidine groups is 1. The molecule has 1 aliphatic rings.